The largest absolute Gasteiger partial charge is 0.394 e. The summed E-state index contributed by atoms with van der Waals surface area (Å²) in [6.07, 6.45) is 0. The summed E-state index contributed by atoms with van der Waals surface area (Å²) >= 11 is 0. The summed E-state index contributed by atoms with van der Waals surface area (Å²) in [5.41, 5.74) is 0. The Kier molecular flexibility index (Phi) is 18.1. The summed E-state index contributed by atoms with van der Waals surface area (Å²) in [7, 11) is -6.00. The molecule has 0 unspecified atom stereocenters. The third-order valence-electron chi connectivity index (χ3n) is 9.13. The zero-order valence-corrected chi connectivity index (χ0v) is 37.4. The molecular formula is C54H49O4P3S. The Morgan fingerprint density at radius 1 is 0.226 bits per heavy atom. The normalized spacial score (nSPS) is 10.7. The van der Waals surface area contributed by atoms with Gasteiger partial charge in [-0.15, -0.1) is 0 Å². The first-order valence-electron chi connectivity index (χ1n) is 19.9. The fourth-order valence-corrected chi connectivity index (χ4v) is 13.5. The van der Waals surface area contributed by atoms with Gasteiger partial charge in [0.25, 0.3) is 0 Å². The molecule has 9 rings (SSSR count). The minimum atomic E-state index is -4.67. The molecule has 0 atom stereocenters. The molecule has 0 saturated heterocycles. The highest BCUT2D eigenvalue weighted by Gasteiger charge is 2.17. The summed E-state index contributed by atoms with van der Waals surface area (Å²) in [6.45, 7) is 0. The average Bonchev–Trinajstić information content (AvgIpc) is 3.32. The molecule has 0 aliphatic heterocycles. The van der Waals surface area contributed by atoms with Crippen LogP contribution in [0.3, 0.4) is 0 Å². The quantitative estimate of drug-likeness (QED) is 0.112. The van der Waals surface area contributed by atoms with Crippen LogP contribution in [0.1, 0.15) is 1.43 Å². The third kappa shape index (κ3) is 14.7. The van der Waals surface area contributed by atoms with E-state index in [0.29, 0.717) is 0 Å². The molecule has 8 heteroatoms. The van der Waals surface area contributed by atoms with E-state index in [-0.39, 0.29) is 1.43 Å². The van der Waals surface area contributed by atoms with E-state index in [9.17, 15) is 0 Å². The van der Waals surface area contributed by atoms with Gasteiger partial charge in [0.05, 0.1) is 0 Å². The van der Waals surface area contributed by atoms with Crippen molar-refractivity contribution in [2.75, 3.05) is 0 Å². The molecule has 0 saturated carbocycles. The Balaban J connectivity index is 0.000000168. The van der Waals surface area contributed by atoms with Gasteiger partial charge in [-0.25, -0.2) is 0 Å². The topological polar surface area (TPSA) is 74.6 Å². The molecule has 0 aromatic heterocycles. The van der Waals surface area contributed by atoms with E-state index in [0.717, 1.165) is 0 Å². The number of hydrogen-bond donors (Lipinski definition) is 2. The molecule has 0 fully saturated rings. The van der Waals surface area contributed by atoms with Crippen LogP contribution < -0.4 is 47.7 Å². The Labute approximate surface area is 372 Å². The highest BCUT2D eigenvalue weighted by atomic mass is 32.3. The summed E-state index contributed by atoms with van der Waals surface area (Å²) in [6, 6.07) is 97.0. The van der Waals surface area contributed by atoms with Gasteiger partial charge < -0.3 is 0 Å². The molecule has 0 radical (unpaired) electrons. The van der Waals surface area contributed by atoms with Crippen molar-refractivity contribution in [1.29, 1.82) is 0 Å². The number of benzene rings is 9. The molecular weight excluding hydrogens is 838 g/mol. The van der Waals surface area contributed by atoms with Gasteiger partial charge in [-0.2, -0.15) is 8.42 Å². The van der Waals surface area contributed by atoms with Crippen LogP contribution in [0.25, 0.3) is 0 Å². The smallest absolute Gasteiger partial charge is 0.264 e. The van der Waals surface area contributed by atoms with Gasteiger partial charge in [0.1, 0.15) is 0 Å². The Morgan fingerprint density at radius 3 is 0.387 bits per heavy atom. The molecule has 0 spiro atoms. The van der Waals surface area contributed by atoms with Crippen LogP contribution in [0.4, 0.5) is 0 Å². The Bertz CT molecular complexity index is 2120. The van der Waals surface area contributed by atoms with Gasteiger partial charge in [0.2, 0.25) is 0 Å². The first-order chi connectivity index (χ1) is 30.3. The first kappa shape index (κ1) is 45.7. The Morgan fingerprint density at radius 2 is 0.306 bits per heavy atom. The fraction of sp³-hybridized carbons (Fsp3) is 0. The maximum atomic E-state index is 8.74. The predicted molar refractivity (Wildman–Crippen MR) is 272 cm³/mol. The van der Waals surface area contributed by atoms with Crippen molar-refractivity contribution in [2.45, 2.75) is 0 Å². The van der Waals surface area contributed by atoms with E-state index in [4.69, 9.17) is 17.5 Å². The van der Waals surface area contributed by atoms with Gasteiger partial charge in [-0.05, 0) is 71.5 Å². The molecule has 0 bridgehead atoms. The van der Waals surface area contributed by atoms with E-state index >= 15 is 0 Å². The van der Waals surface area contributed by atoms with Crippen molar-refractivity contribution < 1.29 is 18.9 Å². The highest BCUT2D eigenvalue weighted by molar-refractivity contribution is 7.80. The second kappa shape index (κ2) is 24.5. The van der Waals surface area contributed by atoms with Gasteiger partial charge in [-0.1, -0.05) is 273 Å². The van der Waals surface area contributed by atoms with Crippen molar-refractivity contribution in [3.63, 3.8) is 0 Å². The number of hydrogen-bond acceptors (Lipinski definition) is 2. The van der Waals surface area contributed by atoms with Crippen LogP contribution in [-0.2, 0) is 10.4 Å². The monoisotopic (exact) mass is 886 g/mol. The van der Waals surface area contributed by atoms with Gasteiger partial charge >= 0.3 is 10.4 Å². The maximum absolute atomic E-state index is 8.74. The van der Waals surface area contributed by atoms with Gasteiger partial charge in [0.15, 0.2) is 0 Å². The Hall–Kier alpha value is -5.86. The van der Waals surface area contributed by atoms with Crippen molar-refractivity contribution in [2.24, 2.45) is 0 Å². The molecule has 9 aromatic carbocycles. The van der Waals surface area contributed by atoms with Crippen LogP contribution in [0.5, 0.6) is 0 Å². The second-order valence-corrected chi connectivity index (χ2v) is 21.0. The zero-order chi connectivity index (χ0) is 43.2. The SMILES string of the molecule is O=S(=O)(O)O.[HH].c1ccc(P(c2ccccc2)c2ccccc2)cc1.c1ccc(P(c2ccccc2)c2ccccc2)cc1.c1ccc(P(c2ccccc2)c2ccccc2)cc1. The van der Waals surface area contributed by atoms with E-state index in [1.165, 1.54) is 47.7 Å². The van der Waals surface area contributed by atoms with E-state index in [1.807, 2.05) is 0 Å². The van der Waals surface area contributed by atoms with Crippen molar-refractivity contribution >= 4 is 81.9 Å². The first-order valence-corrected chi connectivity index (χ1v) is 25.3. The molecule has 9 aromatic rings. The zero-order valence-electron chi connectivity index (χ0n) is 33.9. The fourth-order valence-electron chi connectivity index (χ4n) is 6.54. The van der Waals surface area contributed by atoms with Gasteiger partial charge in [-0.3, -0.25) is 9.11 Å². The number of rotatable bonds is 9. The van der Waals surface area contributed by atoms with Crippen molar-refractivity contribution in [3.05, 3.63) is 273 Å². The van der Waals surface area contributed by atoms with E-state index in [1.54, 1.807) is 0 Å². The summed E-state index contributed by atoms with van der Waals surface area (Å²) < 4.78 is 31.6. The van der Waals surface area contributed by atoms with Crippen LogP contribution in [-0.4, -0.2) is 17.5 Å². The summed E-state index contributed by atoms with van der Waals surface area (Å²) in [5.74, 6) is 0. The lowest BCUT2D eigenvalue weighted by atomic mass is 10.4. The molecule has 0 amide bonds. The van der Waals surface area contributed by atoms with Crippen molar-refractivity contribution in [3.8, 4) is 0 Å². The predicted octanol–water partition coefficient (Wildman–Crippen LogP) is 9.93. The summed E-state index contributed by atoms with van der Waals surface area (Å²) in [4.78, 5) is 0. The second-order valence-electron chi connectivity index (χ2n) is 13.5. The molecule has 0 aliphatic carbocycles. The maximum Gasteiger partial charge on any atom is 0.394 e. The van der Waals surface area contributed by atoms with E-state index < -0.39 is 34.2 Å². The van der Waals surface area contributed by atoms with Crippen LogP contribution >= 0.6 is 23.8 Å². The molecule has 62 heavy (non-hydrogen) atoms. The average molecular weight is 887 g/mol. The van der Waals surface area contributed by atoms with Crippen LogP contribution in [0.15, 0.2) is 273 Å². The summed E-state index contributed by atoms with van der Waals surface area (Å²) in [5, 5.41) is 12.6. The van der Waals surface area contributed by atoms with Crippen molar-refractivity contribution in [1.82, 2.24) is 0 Å². The minimum absolute atomic E-state index is 0. The lowest BCUT2D eigenvalue weighted by molar-refractivity contribution is 0.381. The third-order valence-corrected chi connectivity index (χ3v) is 16.5. The van der Waals surface area contributed by atoms with Crippen LogP contribution in [0, 0.1) is 0 Å². The molecule has 310 valence electrons. The standard InChI is InChI=1S/3C18H15P.H2O4S.H2/c3*1-4-10-16(11-5-1)19(17-12-6-2-7-13-17)18-14-8-3-9-15-18;1-5(2,3)4;/h3*1-15H;(H2,1,2,3,4);1H. The molecule has 0 aliphatic rings. The molecule has 4 nitrogen and oxygen atoms in total. The highest BCUT2D eigenvalue weighted by Crippen LogP contribution is 2.34. The molecule has 0 heterocycles. The van der Waals surface area contributed by atoms with Gasteiger partial charge in [0, 0.05) is 1.43 Å². The minimum Gasteiger partial charge on any atom is -0.264 e. The lowest BCUT2D eigenvalue weighted by Crippen LogP contribution is -2.20. The lowest BCUT2D eigenvalue weighted by Gasteiger charge is -2.18. The molecule has 2 N–H and O–H groups in total. The van der Waals surface area contributed by atoms with E-state index in [2.05, 4.69) is 273 Å². The van der Waals surface area contributed by atoms with Crippen LogP contribution in [0.2, 0.25) is 0 Å².